The first-order chi connectivity index (χ1) is 13.2. The summed E-state index contributed by atoms with van der Waals surface area (Å²) < 4.78 is 5.54. The molecule has 2 aliphatic rings. The van der Waals surface area contributed by atoms with Crippen molar-refractivity contribution < 1.29 is 9.84 Å². The van der Waals surface area contributed by atoms with Crippen LogP contribution in [0.1, 0.15) is 35.7 Å². The summed E-state index contributed by atoms with van der Waals surface area (Å²) in [6.07, 6.45) is 3.06. The van der Waals surface area contributed by atoms with E-state index >= 15 is 0 Å². The number of aromatic amines is 1. The molecular weight excluding hydrogens is 340 g/mol. The van der Waals surface area contributed by atoms with Crippen molar-refractivity contribution in [1.82, 2.24) is 20.4 Å². The van der Waals surface area contributed by atoms with Gasteiger partial charge in [0, 0.05) is 37.7 Å². The standard InChI is InChI=1S/C21H30N4O2/c26-21(14-22-8-11-27-16-21)15-25-9-6-18(7-10-25)20-13-19(23-24-20)12-17-4-2-1-3-5-17/h1-5,13,18,22,26H,6-12,14-16H2,(H,23,24)/t21-/m1/s1. The minimum absolute atomic E-state index is 0.419. The zero-order chi connectivity index (χ0) is 18.5. The zero-order valence-corrected chi connectivity index (χ0v) is 15.9. The van der Waals surface area contributed by atoms with Crippen LogP contribution < -0.4 is 5.32 Å². The van der Waals surface area contributed by atoms with Crippen molar-refractivity contribution in [3.8, 4) is 0 Å². The second-order valence-electron chi connectivity index (χ2n) is 7.98. The molecule has 0 aliphatic carbocycles. The molecule has 27 heavy (non-hydrogen) atoms. The van der Waals surface area contributed by atoms with Gasteiger partial charge in [0.2, 0.25) is 0 Å². The van der Waals surface area contributed by atoms with Crippen LogP contribution in [0.3, 0.4) is 0 Å². The molecule has 0 spiro atoms. The van der Waals surface area contributed by atoms with E-state index in [1.54, 1.807) is 0 Å². The van der Waals surface area contributed by atoms with Crippen molar-refractivity contribution in [2.24, 2.45) is 0 Å². The van der Waals surface area contributed by atoms with Crippen molar-refractivity contribution in [3.63, 3.8) is 0 Å². The van der Waals surface area contributed by atoms with Gasteiger partial charge in [-0.3, -0.25) is 5.10 Å². The Labute approximate surface area is 160 Å². The molecule has 6 heteroatoms. The summed E-state index contributed by atoms with van der Waals surface area (Å²) in [5.41, 5.74) is 2.88. The van der Waals surface area contributed by atoms with E-state index in [4.69, 9.17) is 4.74 Å². The quantitative estimate of drug-likeness (QED) is 0.744. The van der Waals surface area contributed by atoms with Gasteiger partial charge in [-0.1, -0.05) is 30.3 Å². The maximum absolute atomic E-state index is 10.8. The molecule has 3 N–H and O–H groups in total. The lowest BCUT2D eigenvalue weighted by molar-refractivity contribution is -0.0520. The van der Waals surface area contributed by atoms with Gasteiger partial charge in [-0.2, -0.15) is 5.10 Å². The van der Waals surface area contributed by atoms with E-state index in [0.29, 0.717) is 32.2 Å². The molecule has 3 heterocycles. The maximum atomic E-state index is 10.8. The molecular formula is C21H30N4O2. The SMILES string of the molecule is O[C@@]1(CN2CCC(c3cc(Cc4ccccc4)[nH]n3)CC2)CNCCOC1. The molecule has 1 atom stereocenters. The Kier molecular flexibility index (Phi) is 5.88. The van der Waals surface area contributed by atoms with Gasteiger partial charge >= 0.3 is 0 Å². The Morgan fingerprint density at radius 2 is 2.04 bits per heavy atom. The molecule has 146 valence electrons. The van der Waals surface area contributed by atoms with Crippen LogP contribution in [0.4, 0.5) is 0 Å². The maximum Gasteiger partial charge on any atom is 0.113 e. The number of aromatic nitrogens is 2. The van der Waals surface area contributed by atoms with E-state index in [2.05, 4.69) is 50.7 Å². The Bertz CT molecular complexity index is 702. The molecule has 1 aromatic carbocycles. The van der Waals surface area contributed by atoms with E-state index in [1.165, 1.54) is 17.0 Å². The first-order valence-corrected chi connectivity index (χ1v) is 10.0. The van der Waals surface area contributed by atoms with E-state index < -0.39 is 5.60 Å². The van der Waals surface area contributed by atoms with Gasteiger partial charge in [-0.25, -0.2) is 0 Å². The Morgan fingerprint density at radius 1 is 1.22 bits per heavy atom. The molecule has 0 radical (unpaired) electrons. The molecule has 2 aromatic rings. The van der Waals surface area contributed by atoms with Gasteiger partial charge in [0.1, 0.15) is 5.60 Å². The number of hydrogen-bond acceptors (Lipinski definition) is 5. The number of rotatable bonds is 5. The van der Waals surface area contributed by atoms with E-state index in [0.717, 1.165) is 38.9 Å². The molecule has 4 rings (SSSR count). The number of ether oxygens (including phenoxy) is 1. The fourth-order valence-corrected chi connectivity index (χ4v) is 4.18. The molecule has 0 saturated carbocycles. The largest absolute Gasteiger partial charge is 0.385 e. The highest BCUT2D eigenvalue weighted by atomic mass is 16.5. The summed E-state index contributed by atoms with van der Waals surface area (Å²) in [5.74, 6) is 0.500. The number of nitrogens with zero attached hydrogens (tertiary/aromatic N) is 2. The number of β-amino-alcohol motifs (C(OH)–C–C–N with tert-alkyl or cyclic N) is 1. The highest BCUT2D eigenvalue weighted by Crippen LogP contribution is 2.28. The van der Waals surface area contributed by atoms with E-state index in [1.807, 2.05) is 6.07 Å². The van der Waals surface area contributed by atoms with Crippen LogP contribution >= 0.6 is 0 Å². The second kappa shape index (κ2) is 8.52. The number of H-pyrrole nitrogens is 1. The van der Waals surface area contributed by atoms with Crippen molar-refractivity contribution in [1.29, 1.82) is 0 Å². The first-order valence-electron chi connectivity index (χ1n) is 10.0. The summed E-state index contributed by atoms with van der Waals surface area (Å²) in [4.78, 5) is 2.37. The van der Waals surface area contributed by atoms with Crippen LogP contribution in [-0.2, 0) is 11.2 Å². The van der Waals surface area contributed by atoms with Crippen LogP contribution in [0, 0.1) is 0 Å². The molecule has 2 aliphatic heterocycles. The number of hydrogen-bond donors (Lipinski definition) is 3. The minimum Gasteiger partial charge on any atom is -0.385 e. The number of piperidine rings is 1. The highest BCUT2D eigenvalue weighted by molar-refractivity contribution is 5.23. The minimum atomic E-state index is -0.779. The topological polar surface area (TPSA) is 73.4 Å². The van der Waals surface area contributed by atoms with Crippen LogP contribution in [0.2, 0.25) is 0 Å². The molecule has 0 bridgehead atoms. The van der Waals surface area contributed by atoms with Crippen molar-refractivity contribution in [2.45, 2.75) is 30.8 Å². The van der Waals surface area contributed by atoms with Gasteiger partial charge in [-0.05, 0) is 37.6 Å². The molecule has 6 nitrogen and oxygen atoms in total. The third-order valence-electron chi connectivity index (χ3n) is 5.66. The summed E-state index contributed by atoms with van der Waals surface area (Å²) in [7, 11) is 0. The average molecular weight is 370 g/mol. The van der Waals surface area contributed by atoms with Crippen molar-refractivity contribution in [3.05, 3.63) is 53.3 Å². The predicted octanol–water partition coefficient (Wildman–Crippen LogP) is 1.53. The molecule has 0 unspecified atom stereocenters. The lowest BCUT2D eigenvalue weighted by atomic mass is 9.92. The summed E-state index contributed by atoms with van der Waals surface area (Å²) in [6, 6.07) is 12.7. The van der Waals surface area contributed by atoms with Gasteiger partial charge in [-0.15, -0.1) is 0 Å². The van der Waals surface area contributed by atoms with Gasteiger partial charge < -0.3 is 20.1 Å². The second-order valence-corrected chi connectivity index (χ2v) is 7.98. The lowest BCUT2D eigenvalue weighted by Gasteiger charge is -2.37. The summed E-state index contributed by atoms with van der Waals surface area (Å²) >= 11 is 0. The molecule has 2 fully saturated rings. The number of likely N-dealkylation sites (tertiary alicyclic amines) is 1. The molecule has 0 amide bonds. The fraction of sp³-hybridized carbons (Fsp3) is 0.571. The third kappa shape index (κ3) is 4.96. The van der Waals surface area contributed by atoms with Crippen LogP contribution in [0.15, 0.2) is 36.4 Å². The Hall–Kier alpha value is -1.73. The van der Waals surface area contributed by atoms with Crippen LogP contribution in [-0.4, -0.2) is 71.7 Å². The van der Waals surface area contributed by atoms with Gasteiger partial charge in [0.25, 0.3) is 0 Å². The number of nitrogens with one attached hydrogen (secondary N) is 2. The number of benzene rings is 1. The smallest absolute Gasteiger partial charge is 0.113 e. The van der Waals surface area contributed by atoms with Crippen LogP contribution in [0.5, 0.6) is 0 Å². The summed E-state index contributed by atoms with van der Waals surface area (Å²) in [6.45, 7) is 5.18. The van der Waals surface area contributed by atoms with E-state index in [-0.39, 0.29) is 0 Å². The van der Waals surface area contributed by atoms with Gasteiger partial charge in [0.05, 0.1) is 18.9 Å². The van der Waals surface area contributed by atoms with Crippen molar-refractivity contribution in [2.75, 3.05) is 45.9 Å². The molecule has 1 aromatic heterocycles. The number of aliphatic hydroxyl groups is 1. The zero-order valence-electron chi connectivity index (χ0n) is 15.9. The van der Waals surface area contributed by atoms with Gasteiger partial charge in [0.15, 0.2) is 0 Å². The first kappa shape index (κ1) is 18.6. The Balaban J connectivity index is 1.29. The normalized spacial score (nSPS) is 25.4. The monoisotopic (exact) mass is 370 g/mol. The highest BCUT2D eigenvalue weighted by Gasteiger charge is 2.33. The van der Waals surface area contributed by atoms with Crippen molar-refractivity contribution >= 4 is 0 Å². The molecule has 2 saturated heterocycles. The third-order valence-corrected chi connectivity index (χ3v) is 5.66. The predicted molar refractivity (Wildman–Crippen MR) is 105 cm³/mol. The van der Waals surface area contributed by atoms with E-state index in [9.17, 15) is 5.11 Å². The van der Waals surface area contributed by atoms with Crippen LogP contribution in [0.25, 0.3) is 0 Å². The lowest BCUT2D eigenvalue weighted by Crippen LogP contribution is -2.52. The fourth-order valence-electron chi connectivity index (χ4n) is 4.18. The summed E-state index contributed by atoms with van der Waals surface area (Å²) in [5, 5.41) is 21.8. The average Bonchev–Trinajstić information content (AvgIpc) is 3.04. The Morgan fingerprint density at radius 3 is 2.85 bits per heavy atom.